The van der Waals surface area contributed by atoms with Gasteiger partial charge in [-0.3, -0.25) is 14.5 Å². The van der Waals surface area contributed by atoms with Crippen LogP contribution in [0.2, 0.25) is 0 Å². The normalized spacial score (nSPS) is 25.5. The molecule has 0 aromatic heterocycles. The van der Waals surface area contributed by atoms with Gasteiger partial charge in [0.1, 0.15) is 12.3 Å². The number of carbonyl (C=O) groups excluding carboxylic acids is 3. The zero-order valence-electron chi connectivity index (χ0n) is 16.6. The van der Waals surface area contributed by atoms with Crippen molar-refractivity contribution in [3.8, 4) is 5.75 Å². The molecule has 2 aliphatic heterocycles. The second-order valence-corrected chi connectivity index (χ2v) is 8.62. The molecule has 0 radical (unpaired) electrons. The van der Waals surface area contributed by atoms with Gasteiger partial charge in [0, 0.05) is 11.3 Å². The Hall–Kier alpha value is -2.63. The number of amides is 2. The average Bonchev–Trinajstić information content (AvgIpc) is 2.87. The molecule has 6 nitrogen and oxygen atoms in total. The third-order valence-electron chi connectivity index (χ3n) is 5.90. The number of ether oxygens (including phenoxy) is 1. The Labute approximate surface area is 164 Å². The molecule has 3 aliphatic rings. The topological polar surface area (TPSA) is 75.7 Å². The molecule has 2 fully saturated rings. The quantitative estimate of drug-likeness (QED) is 0.493. The zero-order valence-corrected chi connectivity index (χ0v) is 16.6. The molecule has 1 aliphatic carbocycles. The first-order valence-electron chi connectivity index (χ1n) is 9.93. The summed E-state index contributed by atoms with van der Waals surface area (Å²) >= 11 is 0. The van der Waals surface area contributed by atoms with Crippen LogP contribution in [0.15, 0.2) is 24.3 Å². The second-order valence-electron chi connectivity index (χ2n) is 8.62. The van der Waals surface area contributed by atoms with E-state index in [1.807, 2.05) is 19.1 Å². The Morgan fingerprint density at radius 1 is 1.18 bits per heavy atom. The highest BCUT2D eigenvalue weighted by Crippen LogP contribution is 2.38. The fourth-order valence-electron chi connectivity index (χ4n) is 4.70. The second kappa shape index (κ2) is 6.76. The first-order valence-corrected chi connectivity index (χ1v) is 9.93. The highest BCUT2D eigenvalue weighted by atomic mass is 16.5. The minimum atomic E-state index is -0.592. The van der Waals surface area contributed by atoms with E-state index in [9.17, 15) is 14.4 Å². The number of anilines is 1. The number of fused-ring (bicyclic) bond motifs is 2. The van der Waals surface area contributed by atoms with Gasteiger partial charge in [0.2, 0.25) is 11.8 Å². The number of esters is 1. The van der Waals surface area contributed by atoms with E-state index in [1.165, 1.54) is 0 Å². The van der Waals surface area contributed by atoms with Crippen LogP contribution in [-0.4, -0.2) is 34.8 Å². The SMILES string of the molecule is CC1=CC(C)(C)Nc2ccc(OC(=O)CN3C(=O)[C@H]4CCCC[C@H]4C3=O)cc21. The number of nitrogens with one attached hydrogen (secondary N) is 1. The predicted molar refractivity (Wildman–Crippen MR) is 106 cm³/mol. The maximum absolute atomic E-state index is 12.5. The molecule has 1 saturated heterocycles. The summed E-state index contributed by atoms with van der Waals surface area (Å²) < 4.78 is 5.45. The number of carbonyl (C=O) groups is 3. The first-order chi connectivity index (χ1) is 13.2. The van der Waals surface area contributed by atoms with E-state index < -0.39 is 5.97 Å². The largest absolute Gasteiger partial charge is 0.425 e. The lowest BCUT2D eigenvalue weighted by atomic mass is 9.81. The standard InChI is InChI=1S/C22H26N2O4/c1-13-11-22(2,3)23-18-9-8-14(10-17(13)18)28-19(25)12-24-20(26)15-6-4-5-7-16(15)21(24)27/h8-11,15-16,23H,4-7,12H2,1-3H3/t15-,16+. The van der Waals surface area contributed by atoms with Crippen LogP contribution in [0, 0.1) is 11.8 Å². The van der Waals surface area contributed by atoms with E-state index in [-0.39, 0.29) is 35.7 Å². The van der Waals surface area contributed by atoms with E-state index in [0.717, 1.165) is 47.4 Å². The van der Waals surface area contributed by atoms with E-state index >= 15 is 0 Å². The zero-order chi connectivity index (χ0) is 20.1. The van der Waals surface area contributed by atoms with Crippen molar-refractivity contribution < 1.29 is 19.1 Å². The van der Waals surface area contributed by atoms with Gasteiger partial charge in [-0.05, 0) is 57.4 Å². The lowest BCUT2D eigenvalue weighted by Gasteiger charge is -2.31. The fourth-order valence-corrected chi connectivity index (χ4v) is 4.70. The third-order valence-corrected chi connectivity index (χ3v) is 5.90. The Morgan fingerprint density at radius 2 is 1.82 bits per heavy atom. The summed E-state index contributed by atoms with van der Waals surface area (Å²) in [5.74, 6) is -1.12. The highest BCUT2D eigenvalue weighted by molar-refractivity contribution is 6.07. The molecule has 2 heterocycles. The van der Waals surface area contributed by atoms with Crippen LogP contribution in [0.1, 0.15) is 52.0 Å². The number of hydrogen-bond donors (Lipinski definition) is 1. The molecule has 1 N–H and O–H groups in total. The summed E-state index contributed by atoms with van der Waals surface area (Å²) in [5.41, 5.74) is 2.93. The van der Waals surface area contributed by atoms with Crippen molar-refractivity contribution in [3.63, 3.8) is 0 Å². The molecule has 1 saturated carbocycles. The summed E-state index contributed by atoms with van der Waals surface area (Å²) in [6.45, 7) is 5.89. The summed E-state index contributed by atoms with van der Waals surface area (Å²) in [6.07, 6.45) is 5.53. The Morgan fingerprint density at radius 3 is 2.46 bits per heavy atom. The van der Waals surface area contributed by atoms with Crippen molar-refractivity contribution in [2.75, 3.05) is 11.9 Å². The van der Waals surface area contributed by atoms with Crippen LogP contribution in [0.4, 0.5) is 5.69 Å². The van der Waals surface area contributed by atoms with Crippen LogP contribution in [0.5, 0.6) is 5.75 Å². The van der Waals surface area contributed by atoms with E-state index in [1.54, 1.807) is 6.07 Å². The van der Waals surface area contributed by atoms with Crippen molar-refractivity contribution in [2.45, 2.75) is 52.0 Å². The van der Waals surface area contributed by atoms with Crippen LogP contribution in [0.25, 0.3) is 5.57 Å². The van der Waals surface area contributed by atoms with Gasteiger partial charge in [-0.1, -0.05) is 18.9 Å². The summed E-state index contributed by atoms with van der Waals surface area (Å²) in [4.78, 5) is 38.5. The molecule has 2 amide bonds. The number of imide groups is 1. The van der Waals surface area contributed by atoms with Gasteiger partial charge in [0.05, 0.1) is 17.4 Å². The van der Waals surface area contributed by atoms with E-state index in [4.69, 9.17) is 4.74 Å². The van der Waals surface area contributed by atoms with E-state index in [2.05, 4.69) is 25.2 Å². The van der Waals surface area contributed by atoms with Crippen molar-refractivity contribution in [1.29, 1.82) is 0 Å². The Balaban J connectivity index is 1.46. The molecule has 6 heteroatoms. The lowest BCUT2D eigenvalue weighted by molar-refractivity contribution is -0.148. The molecule has 28 heavy (non-hydrogen) atoms. The summed E-state index contributed by atoms with van der Waals surface area (Å²) in [6, 6.07) is 5.43. The number of benzene rings is 1. The van der Waals surface area contributed by atoms with Gasteiger partial charge < -0.3 is 10.1 Å². The maximum atomic E-state index is 12.5. The maximum Gasteiger partial charge on any atom is 0.331 e. The molecule has 4 rings (SSSR count). The number of hydrogen-bond acceptors (Lipinski definition) is 5. The monoisotopic (exact) mass is 382 g/mol. The van der Waals surface area contributed by atoms with Crippen molar-refractivity contribution in [3.05, 3.63) is 29.8 Å². The molecule has 1 aromatic rings. The van der Waals surface area contributed by atoms with Gasteiger partial charge in [0.25, 0.3) is 0 Å². The smallest absolute Gasteiger partial charge is 0.331 e. The average molecular weight is 382 g/mol. The van der Waals surface area contributed by atoms with Gasteiger partial charge in [-0.25, -0.2) is 4.79 Å². The van der Waals surface area contributed by atoms with Gasteiger partial charge in [-0.15, -0.1) is 0 Å². The molecular weight excluding hydrogens is 356 g/mol. The van der Waals surface area contributed by atoms with Crippen LogP contribution < -0.4 is 10.1 Å². The number of likely N-dealkylation sites (tertiary alicyclic amines) is 1. The molecule has 2 atom stereocenters. The fraction of sp³-hybridized carbons (Fsp3) is 0.500. The van der Waals surface area contributed by atoms with Gasteiger partial charge >= 0.3 is 5.97 Å². The summed E-state index contributed by atoms with van der Waals surface area (Å²) in [7, 11) is 0. The van der Waals surface area contributed by atoms with Crippen molar-refractivity contribution in [1.82, 2.24) is 4.90 Å². The minimum Gasteiger partial charge on any atom is -0.425 e. The number of allylic oxidation sites excluding steroid dienone is 1. The first kappa shape index (κ1) is 18.7. The van der Waals surface area contributed by atoms with Crippen molar-refractivity contribution >= 4 is 29.0 Å². The van der Waals surface area contributed by atoms with Gasteiger partial charge in [0.15, 0.2) is 0 Å². The molecule has 1 aromatic carbocycles. The molecule has 0 unspecified atom stereocenters. The van der Waals surface area contributed by atoms with Crippen molar-refractivity contribution in [2.24, 2.45) is 11.8 Å². The minimum absolute atomic E-state index is 0.136. The highest BCUT2D eigenvalue weighted by Gasteiger charge is 2.48. The van der Waals surface area contributed by atoms with Crippen LogP contribution in [-0.2, 0) is 14.4 Å². The number of rotatable bonds is 3. The Bertz CT molecular complexity index is 863. The molecule has 148 valence electrons. The molecular formula is C22H26N2O4. The van der Waals surface area contributed by atoms with E-state index in [0.29, 0.717) is 5.75 Å². The molecule has 0 bridgehead atoms. The van der Waals surface area contributed by atoms with Crippen LogP contribution >= 0.6 is 0 Å². The lowest BCUT2D eigenvalue weighted by Crippen LogP contribution is -2.37. The number of nitrogens with zero attached hydrogens (tertiary/aromatic N) is 1. The third kappa shape index (κ3) is 3.32. The van der Waals surface area contributed by atoms with Gasteiger partial charge in [-0.2, -0.15) is 0 Å². The van der Waals surface area contributed by atoms with Crippen LogP contribution in [0.3, 0.4) is 0 Å². The predicted octanol–water partition coefficient (Wildman–Crippen LogP) is 3.37. The Kier molecular flexibility index (Phi) is 4.52. The molecule has 0 spiro atoms. The summed E-state index contributed by atoms with van der Waals surface area (Å²) in [5, 5.41) is 3.43.